The monoisotopic (exact) mass is 1100 g/mol. The molecule has 80 heavy (non-hydrogen) atoms. The predicted molar refractivity (Wildman–Crippen MR) is 298 cm³/mol. The first-order valence-electron chi connectivity index (χ1n) is 27.4. The van der Waals surface area contributed by atoms with Crippen LogP contribution in [-0.4, -0.2) is 143 Å². The van der Waals surface area contributed by atoms with Gasteiger partial charge in [0.05, 0.1) is 81.3 Å². The van der Waals surface area contributed by atoms with Crippen LogP contribution in [0, 0.1) is 18.2 Å². The number of ether oxygens (including phenoxy) is 4. The fourth-order valence-electron chi connectivity index (χ4n) is 10.5. The quantitative estimate of drug-likeness (QED) is 0.0733. The summed E-state index contributed by atoms with van der Waals surface area (Å²) in [6, 6.07) is 15.4. The highest BCUT2D eigenvalue weighted by molar-refractivity contribution is 5.96. The van der Waals surface area contributed by atoms with Gasteiger partial charge in [0, 0.05) is 50.3 Å². The van der Waals surface area contributed by atoms with Crippen molar-refractivity contribution in [2.45, 2.75) is 124 Å². The number of aromatic nitrogens is 4. The number of aryl methyl sites for hydroxylation is 2. The maximum Gasteiger partial charge on any atom is 0.258 e. The largest absolute Gasteiger partial charge is 0.491 e. The summed E-state index contributed by atoms with van der Waals surface area (Å²) in [5, 5.41) is 14.0. The van der Waals surface area contributed by atoms with Gasteiger partial charge in [0.25, 0.3) is 11.8 Å². The molecule has 0 saturated heterocycles. The second-order valence-corrected chi connectivity index (χ2v) is 22.0. The Labute approximate surface area is 467 Å². The third kappa shape index (κ3) is 13.7. The number of carbonyl (C=O) groups excluding carboxylic acids is 5. The van der Waals surface area contributed by atoms with Crippen molar-refractivity contribution in [3.05, 3.63) is 117 Å². The summed E-state index contributed by atoms with van der Waals surface area (Å²) >= 11 is 0. The van der Waals surface area contributed by atoms with Gasteiger partial charge in [-0.05, 0) is 105 Å². The van der Waals surface area contributed by atoms with Crippen LogP contribution in [0.2, 0.25) is 0 Å². The molecule has 3 aromatic carbocycles. The average molecular weight is 1100 g/mol. The minimum atomic E-state index is -0.904. The Morgan fingerprint density at radius 2 is 1.71 bits per heavy atom. The summed E-state index contributed by atoms with van der Waals surface area (Å²) in [6.45, 7) is 13.1. The van der Waals surface area contributed by atoms with Crippen molar-refractivity contribution >= 4 is 35.4 Å². The molecular weight excluding hydrogens is 1030 g/mol. The lowest BCUT2D eigenvalue weighted by Gasteiger charge is -2.41. The van der Waals surface area contributed by atoms with E-state index in [1.54, 1.807) is 49.5 Å². The molecule has 8 rings (SSSR count). The molecule has 1 aliphatic carbocycles. The second-order valence-electron chi connectivity index (χ2n) is 22.0. The van der Waals surface area contributed by atoms with Gasteiger partial charge in [-0.3, -0.25) is 28.7 Å². The van der Waals surface area contributed by atoms with E-state index in [2.05, 4.69) is 33.1 Å². The molecule has 2 bridgehead atoms. The molecule has 0 unspecified atom stereocenters. The minimum Gasteiger partial charge on any atom is -0.491 e. The lowest BCUT2D eigenvalue weighted by molar-refractivity contribution is -0.147. The van der Waals surface area contributed by atoms with Gasteiger partial charge >= 0.3 is 0 Å². The molecule has 20 nitrogen and oxygen atoms in total. The standard InChI is InChI=1S/C59H76FN11O9/c1-35-51-47-32-63-53(61)56(65-47)80-37(3)45-31-41(60)18-20-44(45)57(75)69(9)34-49(51)71(67-35)23-22-68(8)50(72)21-24-77-25-26-78-27-28-79-42-19-17-39-30-48(55(74)64-46-16-12-14-38-13-10-11-15-43(38)46)70(33-40(39)29-42)58(76)52(59(4,5)6)66-54(73)36(2)62-7/h10-11,13,15,17-20,29,31-32,36-37,46,48,52,62H,12,14,16,21-28,30,33-34H2,1-9H3,(H2,61,63)(H,64,74)(H,66,73)/t36-,37-,46+,48-,52+/m1/s1. The summed E-state index contributed by atoms with van der Waals surface area (Å²) in [6.07, 6.45) is 3.88. The highest BCUT2D eigenvalue weighted by atomic mass is 19.1. The van der Waals surface area contributed by atoms with E-state index in [9.17, 15) is 28.4 Å². The molecule has 5 aromatic rings. The van der Waals surface area contributed by atoms with Gasteiger partial charge in [0.1, 0.15) is 36.4 Å². The van der Waals surface area contributed by atoms with E-state index in [1.807, 2.05) is 58.0 Å². The SMILES string of the molecule is CN[C@H](C)C(=O)N[C@@H](C(=O)N1Cc2cc(OCCOCCOCCC(=O)N(C)CCn3nc(C)c4c3CN(C)C(=O)c3ccc(F)cc3[C@@H](C)Oc3nc-4cnc3N)ccc2C[C@@H]1C(=O)N[C@H]1CCCc2ccccc21)C(C)(C)C. The van der Waals surface area contributed by atoms with Crippen LogP contribution in [0.3, 0.4) is 0 Å². The van der Waals surface area contributed by atoms with Crippen molar-refractivity contribution in [2.75, 3.05) is 66.5 Å². The van der Waals surface area contributed by atoms with Crippen molar-refractivity contribution in [3.8, 4) is 22.9 Å². The molecule has 3 aliphatic rings. The molecule has 0 fully saturated rings. The third-order valence-electron chi connectivity index (χ3n) is 15.2. The first-order valence-corrected chi connectivity index (χ1v) is 27.4. The van der Waals surface area contributed by atoms with E-state index in [0.29, 0.717) is 53.5 Å². The number of benzene rings is 3. The van der Waals surface area contributed by atoms with Gasteiger partial charge in [-0.15, -0.1) is 0 Å². The van der Waals surface area contributed by atoms with E-state index in [-0.39, 0.29) is 105 Å². The number of nitrogens with two attached hydrogens (primary N) is 1. The molecule has 0 saturated carbocycles. The first-order chi connectivity index (χ1) is 38.2. The normalized spacial score (nSPS) is 17.7. The van der Waals surface area contributed by atoms with Crippen LogP contribution in [0.15, 0.2) is 66.9 Å². The number of nitrogens with zero attached hydrogens (tertiary/aromatic N) is 7. The van der Waals surface area contributed by atoms with E-state index in [4.69, 9.17) is 34.8 Å². The molecule has 4 heterocycles. The molecule has 5 atom stereocenters. The second kappa shape index (κ2) is 25.7. The molecule has 0 spiro atoms. The Morgan fingerprint density at radius 1 is 0.963 bits per heavy atom. The number of hydrogen-bond acceptors (Lipinski definition) is 14. The zero-order valence-electron chi connectivity index (χ0n) is 47.4. The number of fused-ring (bicyclic) bond motifs is 7. The number of halogens is 1. The molecule has 5 amide bonds. The summed E-state index contributed by atoms with van der Waals surface area (Å²) in [7, 11) is 5.05. The van der Waals surface area contributed by atoms with Crippen LogP contribution in [0.25, 0.3) is 11.3 Å². The summed E-state index contributed by atoms with van der Waals surface area (Å²) < 4.78 is 40.0. The molecule has 0 radical (unpaired) electrons. The molecule has 21 heteroatoms. The van der Waals surface area contributed by atoms with Gasteiger partial charge in [-0.2, -0.15) is 5.10 Å². The molecule has 2 aliphatic heterocycles. The molecular formula is C59H76FN11O9. The molecule has 2 aromatic heterocycles. The van der Waals surface area contributed by atoms with Crippen molar-refractivity contribution < 1.29 is 47.3 Å². The fraction of sp³-hybridized carbons (Fsp3) is 0.492. The molecule has 5 N–H and O–H groups in total. The van der Waals surface area contributed by atoms with Gasteiger partial charge in [0.15, 0.2) is 5.82 Å². The number of anilines is 1. The van der Waals surface area contributed by atoms with E-state index in [1.165, 1.54) is 34.9 Å². The summed E-state index contributed by atoms with van der Waals surface area (Å²) in [5.41, 5.74) is 12.6. The van der Waals surface area contributed by atoms with Gasteiger partial charge in [-0.1, -0.05) is 51.1 Å². The average Bonchev–Trinajstić information content (AvgIpc) is 3.85. The number of hydrogen-bond donors (Lipinski definition) is 4. The number of nitrogen functional groups attached to an aromatic ring is 1. The Bertz CT molecular complexity index is 3070. The van der Waals surface area contributed by atoms with Crippen LogP contribution < -0.4 is 31.2 Å². The number of carbonyl (C=O) groups is 5. The van der Waals surface area contributed by atoms with Crippen LogP contribution in [0.1, 0.15) is 116 Å². The zero-order valence-corrected chi connectivity index (χ0v) is 47.4. The molecule has 428 valence electrons. The summed E-state index contributed by atoms with van der Waals surface area (Å²) in [5.74, 6) is -1.21. The van der Waals surface area contributed by atoms with Crippen LogP contribution in [0.4, 0.5) is 10.2 Å². The van der Waals surface area contributed by atoms with E-state index in [0.717, 1.165) is 36.0 Å². The van der Waals surface area contributed by atoms with Crippen molar-refractivity contribution in [3.63, 3.8) is 0 Å². The Hall–Kier alpha value is -7.49. The lowest BCUT2D eigenvalue weighted by atomic mass is 9.83. The van der Waals surface area contributed by atoms with Gasteiger partial charge < -0.3 is 55.3 Å². The minimum absolute atomic E-state index is 0.0387. The number of amides is 5. The maximum absolute atomic E-state index is 14.7. The fourth-order valence-corrected chi connectivity index (χ4v) is 10.5. The van der Waals surface area contributed by atoms with Crippen LogP contribution in [-0.2, 0) is 61.1 Å². The Balaban J connectivity index is 0.818. The number of likely N-dealkylation sites (N-methyl/N-ethyl adjacent to an activating group) is 2. The topological polar surface area (TPSA) is 238 Å². The number of nitrogens with one attached hydrogen (secondary N) is 3. The maximum atomic E-state index is 14.7. The summed E-state index contributed by atoms with van der Waals surface area (Å²) in [4.78, 5) is 83.3. The van der Waals surface area contributed by atoms with Crippen LogP contribution in [0.5, 0.6) is 11.6 Å². The van der Waals surface area contributed by atoms with Crippen molar-refractivity contribution in [2.24, 2.45) is 5.41 Å². The highest BCUT2D eigenvalue weighted by Crippen LogP contribution is 2.36. The predicted octanol–water partition coefficient (Wildman–Crippen LogP) is 5.64. The van der Waals surface area contributed by atoms with Gasteiger partial charge in [0.2, 0.25) is 23.6 Å². The zero-order chi connectivity index (χ0) is 57.4. The Kier molecular flexibility index (Phi) is 18.9. The lowest BCUT2D eigenvalue weighted by Crippen LogP contribution is -2.62. The van der Waals surface area contributed by atoms with Crippen LogP contribution >= 0.6 is 0 Å². The highest BCUT2D eigenvalue weighted by Gasteiger charge is 2.43. The van der Waals surface area contributed by atoms with Crippen molar-refractivity contribution in [1.29, 1.82) is 0 Å². The van der Waals surface area contributed by atoms with Gasteiger partial charge in [-0.25, -0.2) is 14.4 Å². The van der Waals surface area contributed by atoms with E-state index < -0.39 is 35.5 Å². The number of rotatable bonds is 19. The van der Waals surface area contributed by atoms with Crippen molar-refractivity contribution in [1.82, 2.24) is 50.4 Å². The third-order valence-corrected chi connectivity index (χ3v) is 15.2. The van der Waals surface area contributed by atoms with E-state index >= 15 is 0 Å². The smallest absolute Gasteiger partial charge is 0.258 e. The Morgan fingerprint density at radius 3 is 2.48 bits per heavy atom. The first kappa shape index (κ1) is 58.7.